The maximum absolute atomic E-state index is 12.7. The quantitative estimate of drug-likeness (QED) is 0.0842. The molecule has 4 aromatic rings. The van der Waals surface area contributed by atoms with Crippen molar-refractivity contribution in [1.29, 1.82) is 0 Å². The summed E-state index contributed by atoms with van der Waals surface area (Å²) >= 11 is 0. The highest BCUT2D eigenvalue weighted by molar-refractivity contribution is 6.03. The number of nitrogens with one attached hydrogen (secondary N) is 2. The summed E-state index contributed by atoms with van der Waals surface area (Å²) in [7, 11) is 8.04. The van der Waals surface area contributed by atoms with Crippen LogP contribution >= 0.6 is 0 Å². The van der Waals surface area contributed by atoms with Gasteiger partial charge in [0.15, 0.2) is 40.6 Å². The normalized spacial score (nSPS) is 15.8. The minimum absolute atomic E-state index is 0.0983. The van der Waals surface area contributed by atoms with Crippen molar-refractivity contribution in [3.8, 4) is 40.2 Å². The van der Waals surface area contributed by atoms with E-state index in [0.717, 1.165) is 78.6 Å². The number of para-hydroxylation sites is 1. The topological polar surface area (TPSA) is 127 Å². The first-order chi connectivity index (χ1) is 27.4. The van der Waals surface area contributed by atoms with Gasteiger partial charge in [-0.15, -0.1) is 0 Å². The molecular formula is C44H53N3O9. The monoisotopic (exact) mass is 767 g/mol. The lowest BCUT2D eigenvalue weighted by Crippen LogP contribution is -2.38. The van der Waals surface area contributed by atoms with Crippen LogP contribution in [0.3, 0.4) is 0 Å². The SMILES string of the molecule is COc1cc(C2NC(=O)c3cc(C)ccc3N2)ccc1OCCCCCCCCCOc1cccc(C2CC(c3cc(OC)c(OC)c(OC)c3)=NO2)c1OC. The van der Waals surface area contributed by atoms with Crippen LogP contribution in [0, 0.1) is 6.92 Å². The molecule has 0 saturated heterocycles. The van der Waals surface area contributed by atoms with Crippen LogP contribution in [0.4, 0.5) is 5.69 Å². The van der Waals surface area contributed by atoms with Gasteiger partial charge < -0.3 is 48.6 Å². The molecule has 0 bridgehead atoms. The number of amides is 1. The fraction of sp³-hybridized carbons (Fsp3) is 0.409. The van der Waals surface area contributed by atoms with Crippen LogP contribution in [0.5, 0.6) is 40.2 Å². The number of ether oxygens (including phenoxy) is 7. The van der Waals surface area contributed by atoms with Crippen LogP contribution in [-0.4, -0.2) is 60.4 Å². The number of hydrogen-bond acceptors (Lipinski definition) is 11. The number of aryl methyl sites for hydroxylation is 1. The minimum Gasteiger partial charge on any atom is -0.493 e. The van der Waals surface area contributed by atoms with E-state index >= 15 is 0 Å². The summed E-state index contributed by atoms with van der Waals surface area (Å²) in [5.74, 6) is 4.23. The van der Waals surface area contributed by atoms with Crippen LogP contribution in [0.25, 0.3) is 0 Å². The maximum atomic E-state index is 12.7. The van der Waals surface area contributed by atoms with Crippen LogP contribution in [-0.2, 0) is 4.84 Å². The summed E-state index contributed by atoms with van der Waals surface area (Å²) in [6, 6.07) is 21.2. The van der Waals surface area contributed by atoms with E-state index in [1.165, 1.54) is 0 Å². The number of fused-ring (bicyclic) bond motifs is 1. The van der Waals surface area contributed by atoms with E-state index in [2.05, 4.69) is 15.8 Å². The van der Waals surface area contributed by atoms with Gasteiger partial charge in [-0.1, -0.05) is 67.1 Å². The molecule has 56 heavy (non-hydrogen) atoms. The number of anilines is 1. The third-order valence-electron chi connectivity index (χ3n) is 10.0. The van der Waals surface area contributed by atoms with E-state index in [1.807, 2.05) is 73.7 Å². The van der Waals surface area contributed by atoms with E-state index in [0.29, 0.717) is 65.4 Å². The molecule has 12 nitrogen and oxygen atoms in total. The lowest BCUT2D eigenvalue weighted by atomic mass is 9.98. The van der Waals surface area contributed by atoms with Gasteiger partial charge in [0.1, 0.15) is 6.17 Å². The van der Waals surface area contributed by atoms with Gasteiger partial charge in [-0.2, -0.15) is 0 Å². The fourth-order valence-electron chi connectivity index (χ4n) is 7.05. The molecule has 2 N–H and O–H groups in total. The number of rotatable bonds is 20. The van der Waals surface area contributed by atoms with Crippen molar-refractivity contribution in [2.75, 3.05) is 54.1 Å². The number of hydrogen-bond donors (Lipinski definition) is 2. The lowest BCUT2D eigenvalue weighted by molar-refractivity contribution is 0.0832. The molecule has 0 fully saturated rings. The van der Waals surface area contributed by atoms with Crippen molar-refractivity contribution in [1.82, 2.24) is 5.32 Å². The Bertz CT molecular complexity index is 1970. The Morgan fingerprint density at radius 2 is 1.32 bits per heavy atom. The average molecular weight is 768 g/mol. The summed E-state index contributed by atoms with van der Waals surface area (Å²) < 4.78 is 40.2. The summed E-state index contributed by atoms with van der Waals surface area (Å²) in [5, 5.41) is 10.8. The predicted octanol–water partition coefficient (Wildman–Crippen LogP) is 8.95. The van der Waals surface area contributed by atoms with Crippen LogP contribution < -0.4 is 43.8 Å². The van der Waals surface area contributed by atoms with Crippen molar-refractivity contribution < 1.29 is 42.8 Å². The van der Waals surface area contributed by atoms with Crippen molar-refractivity contribution in [3.63, 3.8) is 0 Å². The van der Waals surface area contributed by atoms with Crippen molar-refractivity contribution in [2.24, 2.45) is 5.16 Å². The third kappa shape index (κ3) is 9.35. The Kier molecular flexibility index (Phi) is 13.7. The zero-order chi connectivity index (χ0) is 39.4. The Morgan fingerprint density at radius 3 is 1.98 bits per heavy atom. The van der Waals surface area contributed by atoms with Gasteiger partial charge in [-0.25, -0.2) is 0 Å². The lowest BCUT2D eigenvalue weighted by Gasteiger charge is -2.28. The Hall–Kier alpha value is -5.78. The molecule has 12 heteroatoms. The second kappa shape index (κ2) is 19.2. The Labute approximate surface area is 329 Å². The van der Waals surface area contributed by atoms with Crippen LogP contribution in [0.15, 0.2) is 71.9 Å². The number of carbonyl (C=O) groups excluding carboxylic acids is 1. The molecule has 298 valence electrons. The second-order valence-electron chi connectivity index (χ2n) is 13.8. The molecule has 2 atom stereocenters. The van der Waals surface area contributed by atoms with Gasteiger partial charge in [0.05, 0.1) is 60.0 Å². The molecule has 2 aliphatic rings. The van der Waals surface area contributed by atoms with Crippen molar-refractivity contribution in [3.05, 3.63) is 94.5 Å². The highest BCUT2D eigenvalue weighted by Gasteiger charge is 2.30. The molecule has 2 aliphatic heterocycles. The van der Waals surface area contributed by atoms with E-state index in [9.17, 15) is 4.79 Å². The predicted molar refractivity (Wildman–Crippen MR) is 215 cm³/mol. The zero-order valence-corrected chi connectivity index (χ0v) is 33.2. The number of oxime groups is 1. The van der Waals surface area contributed by atoms with E-state index in [-0.39, 0.29) is 18.2 Å². The Morgan fingerprint density at radius 1 is 0.661 bits per heavy atom. The van der Waals surface area contributed by atoms with Gasteiger partial charge in [0.25, 0.3) is 5.91 Å². The first-order valence-electron chi connectivity index (χ1n) is 19.2. The molecular weight excluding hydrogens is 714 g/mol. The molecule has 0 radical (unpaired) electrons. The standard InChI is InChI=1S/C44H53N3O9/c1-28-17-19-33-32(23-28)44(48)46-43(45-33)29-18-20-35(38(24-29)49-2)54-21-12-10-8-7-9-11-13-22-55-36-16-14-15-31(41(36)52-5)37-27-34(47-56-37)30-25-39(50-3)42(53-6)40(26-30)51-4/h14-20,23-26,37,43,45H,7-13,21-22,27H2,1-6H3,(H,46,48). The van der Waals surface area contributed by atoms with E-state index in [4.69, 9.17) is 38.0 Å². The Balaban J connectivity index is 0.881. The van der Waals surface area contributed by atoms with Gasteiger partial charge in [0.2, 0.25) is 5.75 Å². The molecule has 1 amide bonds. The average Bonchev–Trinajstić information content (AvgIpc) is 3.72. The molecule has 0 aromatic heterocycles. The smallest absolute Gasteiger partial charge is 0.255 e. The van der Waals surface area contributed by atoms with Crippen LogP contribution in [0.2, 0.25) is 0 Å². The third-order valence-corrected chi connectivity index (χ3v) is 10.0. The zero-order valence-electron chi connectivity index (χ0n) is 33.2. The van der Waals surface area contributed by atoms with Crippen LogP contribution in [0.1, 0.15) is 96.2 Å². The molecule has 2 heterocycles. The molecule has 0 spiro atoms. The summed E-state index contributed by atoms with van der Waals surface area (Å²) in [4.78, 5) is 18.6. The van der Waals surface area contributed by atoms with Crippen molar-refractivity contribution >= 4 is 17.3 Å². The van der Waals surface area contributed by atoms with Crippen molar-refractivity contribution in [2.45, 2.75) is 70.6 Å². The molecule has 0 saturated carbocycles. The molecule has 6 rings (SSSR count). The first kappa shape index (κ1) is 39.9. The summed E-state index contributed by atoms with van der Waals surface area (Å²) in [6.45, 7) is 3.19. The first-order valence-corrected chi connectivity index (χ1v) is 19.2. The molecule has 2 unspecified atom stereocenters. The van der Waals surface area contributed by atoms with Gasteiger partial charge in [-0.3, -0.25) is 4.79 Å². The molecule has 4 aromatic carbocycles. The van der Waals surface area contributed by atoms with Gasteiger partial charge >= 0.3 is 0 Å². The number of benzene rings is 4. The number of methoxy groups -OCH3 is 5. The number of carbonyl (C=O) groups is 1. The van der Waals surface area contributed by atoms with Gasteiger partial charge in [-0.05, 0) is 67.8 Å². The molecule has 0 aliphatic carbocycles. The fourth-order valence-corrected chi connectivity index (χ4v) is 7.05. The summed E-state index contributed by atoms with van der Waals surface area (Å²) in [5.41, 5.74) is 5.88. The van der Waals surface area contributed by atoms with E-state index in [1.54, 1.807) is 35.5 Å². The minimum atomic E-state index is -0.355. The summed E-state index contributed by atoms with van der Waals surface area (Å²) in [6.07, 6.45) is 7.39. The maximum Gasteiger partial charge on any atom is 0.255 e. The largest absolute Gasteiger partial charge is 0.493 e. The second-order valence-corrected chi connectivity index (χ2v) is 13.8. The van der Waals surface area contributed by atoms with E-state index < -0.39 is 0 Å². The van der Waals surface area contributed by atoms with Gasteiger partial charge in [0, 0.05) is 23.2 Å². The highest BCUT2D eigenvalue weighted by Crippen LogP contribution is 2.43. The highest BCUT2D eigenvalue weighted by atomic mass is 16.6. The number of unbranched alkanes of at least 4 members (excludes halogenated alkanes) is 6. The number of nitrogens with zero attached hydrogens (tertiary/aromatic N) is 1.